The summed E-state index contributed by atoms with van der Waals surface area (Å²) in [5, 5.41) is 6.08. The molecule has 0 aliphatic rings. The predicted octanol–water partition coefficient (Wildman–Crippen LogP) is 3.34. The van der Waals surface area contributed by atoms with E-state index in [1.165, 1.54) is 0 Å². The molecule has 0 radical (unpaired) electrons. The Kier molecular flexibility index (Phi) is 7.85. The molecular weight excluding hydrogens is 477 g/mol. The third-order valence-corrected chi connectivity index (χ3v) is 4.02. The fourth-order valence-corrected chi connectivity index (χ4v) is 2.55. The van der Waals surface area contributed by atoms with Crippen molar-refractivity contribution in [3.8, 4) is 5.82 Å². The summed E-state index contributed by atoms with van der Waals surface area (Å²) in [6.45, 7) is 2.52. The number of aromatic nitrogens is 3. The minimum absolute atomic E-state index is 0. The van der Waals surface area contributed by atoms with Crippen LogP contribution in [0.4, 0.5) is 8.78 Å². The van der Waals surface area contributed by atoms with Crippen molar-refractivity contribution in [3.63, 3.8) is 0 Å². The molecule has 2 aromatic heterocycles. The van der Waals surface area contributed by atoms with Crippen molar-refractivity contribution in [3.05, 3.63) is 77.5 Å². The van der Waals surface area contributed by atoms with Crippen LogP contribution in [0.1, 0.15) is 17.0 Å². The van der Waals surface area contributed by atoms with E-state index in [2.05, 4.69) is 25.6 Å². The second-order valence-electron chi connectivity index (χ2n) is 5.88. The third-order valence-electron chi connectivity index (χ3n) is 4.02. The summed E-state index contributed by atoms with van der Waals surface area (Å²) in [5.41, 5.74) is 1.19. The lowest BCUT2D eigenvalue weighted by molar-refractivity contribution is 0.581. The number of aliphatic imine (C=N–C) groups is 1. The molecule has 0 amide bonds. The van der Waals surface area contributed by atoms with Crippen LogP contribution in [0.5, 0.6) is 0 Å². The normalized spacial score (nSPS) is 11.1. The molecule has 0 unspecified atom stereocenters. The van der Waals surface area contributed by atoms with Crippen LogP contribution < -0.4 is 10.6 Å². The zero-order valence-electron chi connectivity index (χ0n) is 15.5. The summed E-state index contributed by atoms with van der Waals surface area (Å²) in [6.07, 6.45) is 5.35. The quantitative estimate of drug-likeness (QED) is 0.322. The summed E-state index contributed by atoms with van der Waals surface area (Å²) in [5.74, 6) is 1.19. The van der Waals surface area contributed by atoms with E-state index in [4.69, 9.17) is 0 Å². The number of nitrogens with zero attached hydrogens (tertiary/aromatic N) is 4. The van der Waals surface area contributed by atoms with Crippen molar-refractivity contribution >= 4 is 29.9 Å². The number of nitrogens with one attached hydrogen (secondary N) is 2. The number of imidazole rings is 1. The van der Waals surface area contributed by atoms with Gasteiger partial charge in [0.05, 0.1) is 0 Å². The molecule has 2 heterocycles. The highest BCUT2D eigenvalue weighted by molar-refractivity contribution is 14.0. The second-order valence-corrected chi connectivity index (χ2v) is 5.88. The summed E-state index contributed by atoms with van der Waals surface area (Å²) >= 11 is 0. The number of guanidine groups is 1. The molecule has 28 heavy (non-hydrogen) atoms. The first-order valence-electron chi connectivity index (χ1n) is 8.40. The van der Waals surface area contributed by atoms with Crippen LogP contribution in [-0.4, -0.2) is 27.5 Å². The van der Waals surface area contributed by atoms with E-state index in [9.17, 15) is 8.78 Å². The maximum atomic E-state index is 13.7. The van der Waals surface area contributed by atoms with Gasteiger partial charge < -0.3 is 10.6 Å². The minimum Gasteiger partial charge on any atom is -0.352 e. The third kappa shape index (κ3) is 5.47. The lowest BCUT2D eigenvalue weighted by Crippen LogP contribution is -2.36. The smallest absolute Gasteiger partial charge is 0.191 e. The summed E-state index contributed by atoms with van der Waals surface area (Å²) in [6, 6.07) is 7.22. The average molecular weight is 498 g/mol. The van der Waals surface area contributed by atoms with Crippen LogP contribution in [0.25, 0.3) is 5.82 Å². The molecule has 2 N–H and O–H groups in total. The van der Waals surface area contributed by atoms with Gasteiger partial charge >= 0.3 is 0 Å². The Bertz CT molecular complexity index is 940. The van der Waals surface area contributed by atoms with E-state index in [-0.39, 0.29) is 36.1 Å². The van der Waals surface area contributed by atoms with Gasteiger partial charge in [-0.25, -0.2) is 18.7 Å². The highest BCUT2D eigenvalue weighted by atomic mass is 127. The van der Waals surface area contributed by atoms with Crippen LogP contribution in [0.3, 0.4) is 0 Å². The lowest BCUT2D eigenvalue weighted by atomic mass is 10.2. The van der Waals surface area contributed by atoms with Crippen LogP contribution in [-0.2, 0) is 13.1 Å². The molecule has 148 valence electrons. The van der Waals surface area contributed by atoms with Crippen LogP contribution in [0.2, 0.25) is 0 Å². The maximum absolute atomic E-state index is 13.7. The Balaban J connectivity index is 0.00000280. The van der Waals surface area contributed by atoms with Gasteiger partial charge in [-0.05, 0) is 36.8 Å². The standard InChI is InChI=1S/C19H20F2N6.HI/c1-13-23-7-8-27(13)18-6-3-14(10-24-18)11-25-19(22-2)26-12-15-9-16(20)4-5-17(15)21;/h3-10H,11-12H2,1-2H3,(H2,22,25,26);1H. The molecule has 0 bridgehead atoms. The molecule has 1 aromatic carbocycles. The Hall–Kier alpha value is -2.56. The van der Waals surface area contributed by atoms with Crippen molar-refractivity contribution in [2.75, 3.05) is 7.05 Å². The van der Waals surface area contributed by atoms with E-state index >= 15 is 0 Å². The zero-order chi connectivity index (χ0) is 19.2. The molecule has 0 atom stereocenters. The fourth-order valence-electron chi connectivity index (χ4n) is 2.55. The van der Waals surface area contributed by atoms with Gasteiger partial charge in [-0.2, -0.15) is 0 Å². The molecule has 3 rings (SSSR count). The van der Waals surface area contributed by atoms with Gasteiger partial charge in [-0.1, -0.05) is 6.07 Å². The molecule has 9 heteroatoms. The summed E-state index contributed by atoms with van der Waals surface area (Å²) < 4.78 is 28.8. The number of rotatable bonds is 5. The molecule has 0 aliphatic heterocycles. The number of hydrogen-bond acceptors (Lipinski definition) is 3. The molecule has 0 fully saturated rings. The highest BCUT2D eigenvalue weighted by Gasteiger charge is 2.06. The van der Waals surface area contributed by atoms with Crippen molar-refractivity contribution < 1.29 is 8.78 Å². The minimum atomic E-state index is -0.476. The molecule has 0 aliphatic carbocycles. The number of hydrogen-bond donors (Lipinski definition) is 2. The van der Waals surface area contributed by atoms with Gasteiger partial charge in [0.15, 0.2) is 5.96 Å². The Morgan fingerprint density at radius 2 is 1.89 bits per heavy atom. The maximum Gasteiger partial charge on any atom is 0.191 e. The monoisotopic (exact) mass is 498 g/mol. The van der Waals surface area contributed by atoms with E-state index in [0.29, 0.717) is 12.5 Å². The van der Waals surface area contributed by atoms with Gasteiger partial charge in [-0.15, -0.1) is 24.0 Å². The number of aryl methyl sites for hydroxylation is 1. The highest BCUT2D eigenvalue weighted by Crippen LogP contribution is 2.10. The Morgan fingerprint density at radius 1 is 1.11 bits per heavy atom. The van der Waals surface area contributed by atoms with E-state index in [1.807, 2.05) is 29.8 Å². The average Bonchev–Trinajstić information content (AvgIpc) is 3.11. The zero-order valence-corrected chi connectivity index (χ0v) is 17.8. The molecular formula is C19H21F2IN6. The van der Waals surface area contributed by atoms with Crippen molar-refractivity contribution in [1.82, 2.24) is 25.2 Å². The van der Waals surface area contributed by atoms with Crippen molar-refractivity contribution in [1.29, 1.82) is 0 Å². The van der Waals surface area contributed by atoms with Gasteiger partial charge in [0.2, 0.25) is 0 Å². The second kappa shape index (κ2) is 10.1. The van der Waals surface area contributed by atoms with E-state index in [0.717, 1.165) is 35.4 Å². The van der Waals surface area contributed by atoms with Crippen molar-refractivity contribution in [2.45, 2.75) is 20.0 Å². The summed E-state index contributed by atoms with van der Waals surface area (Å²) in [4.78, 5) is 12.7. The first-order chi connectivity index (χ1) is 13.1. The molecule has 0 spiro atoms. The molecule has 6 nitrogen and oxygen atoms in total. The van der Waals surface area contributed by atoms with Crippen LogP contribution in [0.15, 0.2) is 53.9 Å². The topological polar surface area (TPSA) is 67.1 Å². The molecule has 3 aromatic rings. The summed E-state index contributed by atoms with van der Waals surface area (Å²) in [7, 11) is 1.61. The lowest BCUT2D eigenvalue weighted by Gasteiger charge is -2.13. The first-order valence-corrected chi connectivity index (χ1v) is 8.40. The van der Waals surface area contributed by atoms with Gasteiger partial charge in [0.25, 0.3) is 0 Å². The Morgan fingerprint density at radius 3 is 2.54 bits per heavy atom. The number of halogens is 3. The first kappa shape index (κ1) is 21.7. The SMILES string of the molecule is CN=C(NCc1ccc(-n2ccnc2C)nc1)NCc1cc(F)ccc1F.I. The number of pyridine rings is 1. The van der Waals surface area contributed by atoms with Gasteiger partial charge in [0.1, 0.15) is 23.3 Å². The van der Waals surface area contributed by atoms with Crippen LogP contribution >= 0.6 is 24.0 Å². The number of benzene rings is 1. The fraction of sp³-hybridized carbons (Fsp3) is 0.211. The molecule has 0 saturated carbocycles. The van der Waals surface area contributed by atoms with Crippen LogP contribution in [0, 0.1) is 18.6 Å². The predicted molar refractivity (Wildman–Crippen MR) is 115 cm³/mol. The largest absolute Gasteiger partial charge is 0.352 e. The van der Waals surface area contributed by atoms with Crippen molar-refractivity contribution in [2.24, 2.45) is 4.99 Å². The Labute approximate surface area is 179 Å². The molecule has 0 saturated heterocycles. The van der Waals surface area contributed by atoms with Gasteiger partial charge in [-0.3, -0.25) is 9.56 Å². The van der Waals surface area contributed by atoms with E-state index in [1.54, 1.807) is 19.4 Å². The van der Waals surface area contributed by atoms with Gasteiger partial charge in [0, 0.05) is 44.3 Å². The van der Waals surface area contributed by atoms with E-state index < -0.39 is 11.6 Å².